The van der Waals surface area contributed by atoms with Gasteiger partial charge in [-0.25, -0.2) is 21.9 Å². The fourth-order valence-corrected chi connectivity index (χ4v) is 5.16. The van der Waals surface area contributed by atoms with Crippen molar-refractivity contribution in [1.82, 2.24) is 4.72 Å². The van der Waals surface area contributed by atoms with Crippen LogP contribution < -0.4 is 4.72 Å². The van der Waals surface area contributed by atoms with E-state index < -0.39 is 32.6 Å². The SMILES string of the molecule is Cc1ccc(C(C)NS(=O)(=O)c2c(F)cc(F)cc2Br)s1. The highest BCUT2D eigenvalue weighted by Gasteiger charge is 2.26. The molecule has 1 heterocycles. The molecule has 8 heteroatoms. The normalized spacial score (nSPS) is 13.4. The topological polar surface area (TPSA) is 46.2 Å². The van der Waals surface area contributed by atoms with Crippen LogP contribution in [-0.4, -0.2) is 8.42 Å². The number of rotatable bonds is 4. The predicted octanol–water partition coefficient (Wildman–Crippen LogP) is 4.14. The lowest BCUT2D eigenvalue weighted by atomic mass is 10.3. The number of nitrogens with one attached hydrogen (secondary N) is 1. The lowest BCUT2D eigenvalue weighted by molar-refractivity contribution is 0.535. The smallest absolute Gasteiger partial charge is 0.207 e. The second kappa shape index (κ2) is 6.12. The standard InChI is InChI=1S/C13H12BrF2NO2S2/c1-7-3-4-12(20-7)8(2)17-21(18,19)13-10(14)5-9(15)6-11(13)16/h3-6,8,17H,1-2H3. The van der Waals surface area contributed by atoms with Crippen molar-refractivity contribution in [3.05, 3.63) is 50.1 Å². The molecule has 1 atom stereocenters. The highest BCUT2D eigenvalue weighted by atomic mass is 79.9. The van der Waals surface area contributed by atoms with Crippen molar-refractivity contribution in [2.24, 2.45) is 0 Å². The Morgan fingerprint density at radius 1 is 1.29 bits per heavy atom. The zero-order valence-corrected chi connectivity index (χ0v) is 14.4. The Morgan fingerprint density at radius 2 is 1.95 bits per heavy atom. The van der Waals surface area contributed by atoms with Gasteiger partial charge in [-0.2, -0.15) is 0 Å². The van der Waals surface area contributed by atoms with Gasteiger partial charge in [0.25, 0.3) is 0 Å². The molecule has 2 rings (SSSR count). The Hall–Kier alpha value is -0.830. The molecule has 0 saturated carbocycles. The van der Waals surface area contributed by atoms with Gasteiger partial charge >= 0.3 is 0 Å². The molecule has 3 nitrogen and oxygen atoms in total. The molecule has 1 unspecified atom stereocenters. The van der Waals surface area contributed by atoms with Gasteiger partial charge in [0.1, 0.15) is 16.5 Å². The highest BCUT2D eigenvalue weighted by Crippen LogP contribution is 2.29. The first-order valence-corrected chi connectivity index (χ1v) is 9.03. The monoisotopic (exact) mass is 395 g/mol. The number of benzene rings is 1. The summed E-state index contributed by atoms with van der Waals surface area (Å²) in [6.45, 7) is 3.57. The molecule has 1 aromatic heterocycles. The van der Waals surface area contributed by atoms with Gasteiger partial charge in [-0.1, -0.05) is 0 Å². The summed E-state index contributed by atoms with van der Waals surface area (Å²) in [7, 11) is -4.11. The van der Waals surface area contributed by atoms with Crippen molar-refractivity contribution >= 4 is 37.3 Å². The summed E-state index contributed by atoms with van der Waals surface area (Å²) in [4.78, 5) is 1.27. The van der Waals surface area contributed by atoms with E-state index in [4.69, 9.17) is 0 Å². The van der Waals surface area contributed by atoms with Crippen LogP contribution in [0, 0.1) is 18.6 Å². The van der Waals surface area contributed by atoms with Crippen LogP contribution in [0.2, 0.25) is 0 Å². The Labute approximate surface area is 134 Å². The number of sulfonamides is 1. The van der Waals surface area contributed by atoms with Crippen LogP contribution in [0.1, 0.15) is 22.7 Å². The van der Waals surface area contributed by atoms with E-state index in [0.29, 0.717) is 6.07 Å². The van der Waals surface area contributed by atoms with Crippen molar-refractivity contribution in [2.75, 3.05) is 0 Å². The van der Waals surface area contributed by atoms with Crippen molar-refractivity contribution in [3.8, 4) is 0 Å². The maximum atomic E-state index is 13.8. The molecule has 0 aliphatic heterocycles. The van der Waals surface area contributed by atoms with Gasteiger partial charge in [-0.3, -0.25) is 0 Å². The molecule has 21 heavy (non-hydrogen) atoms. The number of aryl methyl sites for hydroxylation is 1. The number of thiophene rings is 1. The number of hydrogen-bond acceptors (Lipinski definition) is 3. The Morgan fingerprint density at radius 3 is 2.48 bits per heavy atom. The average molecular weight is 396 g/mol. The predicted molar refractivity (Wildman–Crippen MR) is 81.9 cm³/mol. The molecule has 2 aromatic rings. The van der Waals surface area contributed by atoms with Crippen LogP contribution in [0.3, 0.4) is 0 Å². The van der Waals surface area contributed by atoms with Crippen molar-refractivity contribution in [1.29, 1.82) is 0 Å². The van der Waals surface area contributed by atoms with Crippen LogP contribution in [0.15, 0.2) is 33.6 Å². The summed E-state index contributed by atoms with van der Waals surface area (Å²) < 4.78 is 53.6. The van der Waals surface area contributed by atoms with E-state index in [1.54, 1.807) is 6.92 Å². The maximum absolute atomic E-state index is 13.8. The van der Waals surface area contributed by atoms with Crippen LogP contribution in [0.5, 0.6) is 0 Å². The average Bonchev–Trinajstić information content (AvgIpc) is 2.73. The molecule has 0 spiro atoms. The largest absolute Gasteiger partial charge is 0.245 e. The van der Waals surface area contributed by atoms with Gasteiger partial charge in [0.2, 0.25) is 10.0 Å². The molecule has 0 fully saturated rings. The van der Waals surface area contributed by atoms with E-state index in [-0.39, 0.29) is 4.47 Å². The van der Waals surface area contributed by atoms with Gasteiger partial charge in [-0.15, -0.1) is 11.3 Å². The summed E-state index contributed by atoms with van der Waals surface area (Å²) in [6, 6.07) is 4.63. The van der Waals surface area contributed by atoms with E-state index in [0.717, 1.165) is 15.8 Å². The minimum Gasteiger partial charge on any atom is -0.207 e. The number of hydrogen-bond donors (Lipinski definition) is 1. The van der Waals surface area contributed by atoms with Gasteiger partial charge < -0.3 is 0 Å². The zero-order valence-electron chi connectivity index (χ0n) is 11.2. The highest BCUT2D eigenvalue weighted by molar-refractivity contribution is 9.10. The van der Waals surface area contributed by atoms with Crippen LogP contribution in [-0.2, 0) is 10.0 Å². The van der Waals surface area contributed by atoms with E-state index in [1.807, 2.05) is 19.1 Å². The Balaban J connectivity index is 2.35. The van der Waals surface area contributed by atoms with Crippen LogP contribution in [0.4, 0.5) is 8.78 Å². The van der Waals surface area contributed by atoms with Crippen LogP contribution >= 0.6 is 27.3 Å². The van der Waals surface area contributed by atoms with Gasteiger partial charge in [0.05, 0.1) is 6.04 Å². The molecule has 0 aliphatic rings. The third kappa shape index (κ3) is 3.68. The van der Waals surface area contributed by atoms with E-state index in [9.17, 15) is 17.2 Å². The van der Waals surface area contributed by atoms with E-state index in [1.165, 1.54) is 11.3 Å². The van der Waals surface area contributed by atoms with Gasteiger partial charge in [0, 0.05) is 20.3 Å². The molecular formula is C13H12BrF2NO2S2. The lowest BCUT2D eigenvalue weighted by Crippen LogP contribution is -2.27. The first kappa shape index (κ1) is 16.5. The second-order valence-electron chi connectivity index (χ2n) is 4.49. The Bertz CT molecular complexity index is 751. The van der Waals surface area contributed by atoms with E-state index in [2.05, 4.69) is 20.7 Å². The molecule has 0 radical (unpaired) electrons. The number of halogens is 3. The molecular weight excluding hydrogens is 384 g/mol. The molecule has 0 saturated heterocycles. The Kier molecular flexibility index (Phi) is 4.82. The lowest BCUT2D eigenvalue weighted by Gasteiger charge is -2.14. The van der Waals surface area contributed by atoms with Crippen molar-refractivity contribution in [2.45, 2.75) is 24.8 Å². The third-order valence-electron chi connectivity index (χ3n) is 2.75. The third-order valence-corrected chi connectivity index (χ3v) is 6.44. The molecule has 1 aromatic carbocycles. The summed E-state index contributed by atoms with van der Waals surface area (Å²) >= 11 is 4.34. The first-order valence-electron chi connectivity index (χ1n) is 5.94. The molecule has 114 valence electrons. The fourth-order valence-electron chi connectivity index (χ4n) is 1.82. The quantitative estimate of drug-likeness (QED) is 0.845. The van der Waals surface area contributed by atoms with Crippen molar-refractivity contribution < 1.29 is 17.2 Å². The first-order chi connectivity index (χ1) is 9.70. The minimum absolute atomic E-state index is 0.151. The van der Waals surface area contributed by atoms with E-state index >= 15 is 0 Å². The summed E-state index contributed by atoms with van der Waals surface area (Å²) in [5.74, 6) is -1.98. The molecule has 1 N–H and O–H groups in total. The second-order valence-corrected chi connectivity index (χ2v) is 8.31. The maximum Gasteiger partial charge on any atom is 0.245 e. The van der Waals surface area contributed by atoms with Crippen molar-refractivity contribution in [3.63, 3.8) is 0 Å². The summed E-state index contributed by atoms with van der Waals surface area (Å²) in [5, 5.41) is 0. The van der Waals surface area contributed by atoms with Crippen LogP contribution in [0.25, 0.3) is 0 Å². The zero-order chi connectivity index (χ0) is 15.8. The molecule has 0 aliphatic carbocycles. The minimum atomic E-state index is -4.11. The molecule has 0 bridgehead atoms. The summed E-state index contributed by atoms with van der Waals surface area (Å²) in [6.07, 6.45) is 0. The van der Waals surface area contributed by atoms with Gasteiger partial charge in [0.15, 0.2) is 0 Å². The van der Waals surface area contributed by atoms with Gasteiger partial charge in [-0.05, 0) is 48.0 Å². The summed E-state index contributed by atoms with van der Waals surface area (Å²) in [5.41, 5.74) is 0. The fraction of sp³-hybridized carbons (Fsp3) is 0.231. The molecule has 0 amide bonds.